The molecule has 194 valence electrons. The zero-order valence-corrected chi connectivity index (χ0v) is 21.1. The maximum atomic E-state index is 12.6. The van der Waals surface area contributed by atoms with E-state index < -0.39 is 11.9 Å². The van der Waals surface area contributed by atoms with E-state index in [-0.39, 0.29) is 23.3 Å². The van der Waals surface area contributed by atoms with E-state index in [1.165, 1.54) is 36.4 Å². The fourth-order valence-electron chi connectivity index (χ4n) is 4.19. The smallest absolute Gasteiger partial charge is 0.343 e. The van der Waals surface area contributed by atoms with E-state index in [4.69, 9.17) is 4.74 Å². The summed E-state index contributed by atoms with van der Waals surface area (Å²) in [5.41, 5.74) is 3.70. The second-order valence-electron chi connectivity index (χ2n) is 9.09. The molecule has 2 aliphatic rings. The van der Waals surface area contributed by atoms with Gasteiger partial charge in [0.25, 0.3) is 23.6 Å². The molecule has 0 saturated carbocycles. The third-order valence-electron chi connectivity index (χ3n) is 6.32. The summed E-state index contributed by atoms with van der Waals surface area (Å²) in [6.07, 6.45) is 2.61. The van der Waals surface area contributed by atoms with Crippen LogP contribution in [-0.2, 0) is 25.7 Å². The van der Waals surface area contributed by atoms with Crippen molar-refractivity contribution in [3.05, 3.63) is 107 Å². The van der Waals surface area contributed by atoms with Crippen molar-refractivity contribution in [2.45, 2.75) is 20.4 Å². The van der Waals surface area contributed by atoms with E-state index in [2.05, 4.69) is 5.32 Å². The molecule has 0 radical (unpaired) electrons. The van der Waals surface area contributed by atoms with Crippen LogP contribution in [0, 0.1) is 0 Å². The number of carbonyl (C=O) groups is 5. The summed E-state index contributed by atoms with van der Waals surface area (Å²) in [6.45, 7) is 3.69. The first-order valence-corrected chi connectivity index (χ1v) is 12.1. The molecule has 39 heavy (non-hydrogen) atoms. The molecule has 2 aliphatic heterocycles. The van der Waals surface area contributed by atoms with Crippen LogP contribution in [0.5, 0.6) is 5.75 Å². The fourth-order valence-corrected chi connectivity index (χ4v) is 4.19. The van der Waals surface area contributed by atoms with Crippen molar-refractivity contribution < 1.29 is 28.7 Å². The monoisotopic (exact) mass is 521 g/mol. The quantitative estimate of drug-likeness (QED) is 0.282. The molecule has 4 amide bonds. The number of esters is 1. The van der Waals surface area contributed by atoms with Crippen LogP contribution in [0.2, 0.25) is 0 Å². The summed E-state index contributed by atoms with van der Waals surface area (Å²) in [7, 11) is 0. The molecule has 0 atom stereocenters. The number of hydrogen-bond acceptors (Lipinski definition) is 7. The van der Waals surface area contributed by atoms with Crippen molar-refractivity contribution in [2.24, 2.45) is 0 Å². The summed E-state index contributed by atoms with van der Waals surface area (Å²) < 4.78 is 5.44. The Labute approximate surface area is 224 Å². The summed E-state index contributed by atoms with van der Waals surface area (Å²) >= 11 is 0. The molecule has 0 unspecified atom stereocenters. The predicted octanol–water partition coefficient (Wildman–Crippen LogP) is 4.16. The molecule has 9 nitrogen and oxygen atoms in total. The molecular formula is C30H23N3O6. The van der Waals surface area contributed by atoms with Gasteiger partial charge in [0.15, 0.2) is 0 Å². The van der Waals surface area contributed by atoms with Gasteiger partial charge in [-0.2, -0.15) is 0 Å². The zero-order valence-electron chi connectivity index (χ0n) is 21.1. The minimum Gasteiger partial charge on any atom is -0.423 e. The van der Waals surface area contributed by atoms with E-state index in [0.717, 1.165) is 21.1 Å². The lowest BCUT2D eigenvalue weighted by molar-refractivity contribution is -0.121. The van der Waals surface area contributed by atoms with E-state index in [1.54, 1.807) is 50.2 Å². The Morgan fingerprint density at radius 1 is 0.692 bits per heavy atom. The highest BCUT2D eigenvalue weighted by atomic mass is 16.5. The summed E-state index contributed by atoms with van der Waals surface area (Å²) in [4.78, 5) is 63.1. The molecule has 0 saturated heterocycles. The van der Waals surface area contributed by atoms with Crippen LogP contribution < -0.4 is 19.9 Å². The maximum Gasteiger partial charge on any atom is 0.343 e. The molecule has 5 rings (SSSR count). The van der Waals surface area contributed by atoms with Crippen LogP contribution in [0.3, 0.4) is 0 Å². The third kappa shape index (κ3) is 5.10. The van der Waals surface area contributed by atoms with Crippen molar-refractivity contribution in [3.63, 3.8) is 0 Å². The average molecular weight is 522 g/mol. The second kappa shape index (κ2) is 10.2. The minimum absolute atomic E-state index is 0.274. The fraction of sp³-hybridized carbons (Fsp3) is 0.100. The minimum atomic E-state index is -0.573. The average Bonchev–Trinajstić information content (AvgIpc) is 3.34. The van der Waals surface area contributed by atoms with Crippen molar-refractivity contribution >= 4 is 46.7 Å². The molecule has 0 aliphatic carbocycles. The van der Waals surface area contributed by atoms with Gasteiger partial charge < -0.3 is 10.1 Å². The molecule has 0 spiro atoms. The SMILES string of the molecule is CC1=CC(=O)N(c2ccc(CNc3ccc(OC(=O)c4ccc(N5C(=O)C=C(C)C5=O)cc4)cc3)cc2)C1=O. The summed E-state index contributed by atoms with van der Waals surface area (Å²) in [5.74, 6) is -1.68. The van der Waals surface area contributed by atoms with Crippen molar-refractivity contribution in [3.8, 4) is 5.75 Å². The Bertz CT molecular complexity index is 1570. The number of nitrogens with zero attached hydrogens (tertiary/aromatic N) is 2. The number of rotatable bonds is 7. The first kappa shape index (κ1) is 25.3. The van der Waals surface area contributed by atoms with Gasteiger partial charge in [-0.05, 0) is 80.1 Å². The number of ether oxygens (including phenoxy) is 1. The molecule has 1 N–H and O–H groups in total. The van der Waals surface area contributed by atoms with E-state index in [0.29, 0.717) is 34.8 Å². The number of anilines is 3. The van der Waals surface area contributed by atoms with Crippen molar-refractivity contribution in [1.29, 1.82) is 0 Å². The van der Waals surface area contributed by atoms with E-state index >= 15 is 0 Å². The van der Waals surface area contributed by atoms with Gasteiger partial charge in [-0.25, -0.2) is 14.6 Å². The Hall–Kier alpha value is -5.31. The van der Waals surface area contributed by atoms with E-state index in [9.17, 15) is 24.0 Å². The van der Waals surface area contributed by atoms with Gasteiger partial charge >= 0.3 is 5.97 Å². The van der Waals surface area contributed by atoms with Crippen LogP contribution in [0.25, 0.3) is 0 Å². The van der Waals surface area contributed by atoms with E-state index in [1.807, 2.05) is 12.1 Å². The first-order chi connectivity index (χ1) is 18.7. The maximum absolute atomic E-state index is 12.6. The van der Waals surface area contributed by atoms with Crippen molar-refractivity contribution in [2.75, 3.05) is 15.1 Å². The Morgan fingerprint density at radius 2 is 1.18 bits per heavy atom. The molecule has 9 heteroatoms. The lowest BCUT2D eigenvalue weighted by Crippen LogP contribution is -2.30. The number of nitrogens with one attached hydrogen (secondary N) is 1. The normalized spacial score (nSPS) is 15.0. The van der Waals surface area contributed by atoms with Gasteiger partial charge in [-0.3, -0.25) is 19.2 Å². The van der Waals surface area contributed by atoms with Gasteiger partial charge in [0.1, 0.15) is 5.75 Å². The van der Waals surface area contributed by atoms with Gasteiger partial charge in [0.2, 0.25) is 0 Å². The highest BCUT2D eigenvalue weighted by Gasteiger charge is 2.30. The number of amides is 4. The summed E-state index contributed by atoms with van der Waals surface area (Å²) in [6, 6.07) is 20.1. The number of imide groups is 2. The molecule has 3 aromatic rings. The Morgan fingerprint density at radius 3 is 1.64 bits per heavy atom. The zero-order chi connectivity index (χ0) is 27.7. The predicted molar refractivity (Wildman–Crippen MR) is 144 cm³/mol. The van der Waals surface area contributed by atoms with Gasteiger partial charge in [0.05, 0.1) is 16.9 Å². The standard InChI is InChI=1S/C30H23N3O6/c1-18-15-26(34)32(28(18)36)23-9-3-20(4-10-23)17-31-22-7-13-25(14-8-22)39-30(38)21-5-11-24(12-6-21)33-27(35)16-19(2)29(33)37/h3-16,31H,17H2,1-2H3. The van der Waals surface area contributed by atoms with Crippen molar-refractivity contribution in [1.82, 2.24) is 0 Å². The van der Waals surface area contributed by atoms with Crippen LogP contribution in [-0.4, -0.2) is 29.6 Å². The largest absolute Gasteiger partial charge is 0.423 e. The van der Waals surface area contributed by atoms with Crippen LogP contribution in [0.15, 0.2) is 96.1 Å². The lowest BCUT2D eigenvalue weighted by atomic mass is 10.2. The van der Waals surface area contributed by atoms with Gasteiger partial charge in [-0.15, -0.1) is 0 Å². The highest BCUT2D eigenvalue weighted by molar-refractivity contribution is 6.31. The molecule has 3 aromatic carbocycles. The van der Waals surface area contributed by atoms with Gasteiger partial charge in [0, 0.05) is 35.5 Å². The second-order valence-corrected chi connectivity index (χ2v) is 9.09. The van der Waals surface area contributed by atoms with Crippen LogP contribution >= 0.6 is 0 Å². The highest BCUT2D eigenvalue weighted by Crippen LogP contribution is 2.25. The molecule has 0 aromatic heterocycles. The van der Waals surface area contributed by atoms with Crippen LogP contribution in [0.4, 0.5) is 17.1 Å². The van der Waals surface area contributed by atoms with Gasteiger partial charge in [-0.1, -0.05) is 12.1 Å². The number of hydrogen-bond donors (Lipinski definition) is 1. The number of benzene rings is 3. The molecule has 0 bridgehead atoms. The first-order valence-electron chi connectivity index (χ1n) is 12.1. The lowest BCUT2D eigenvalue weighted by Gasteiger charge is -2.15. The topological polar surface area (TPSA) is 113 Å². The summed E-state index contributed by atoms with van der Waals surface area (Å²) in [5, 5.41) is 3.27. The third-order valence-corrected chi connectivity index (χ3v) is 6.32. The van der Waals surface area contributed by atoms with Crippen LogP contribution in [0.1, 0.15) is 29.8 Å². The number of carbonyl (C=O) groups excluding carboxylic acids is 5. The molecule has 0 fully saturated rings. The molecular weight excluding hydrogens is 498 g/mol. The molecule has 2 heterocycles. The Kier molecular flexibility index (Phi) is 6.64. The Balaban J connectivity index is 1.14.